The van der Waals surface area contributed by atoms with Gasteiger partial charge >= 0.3 is 17.9 Å². The van der Waals surface area contributed by atoms with Crippen molar-refractivity contribution in [3.05, 3.63) is 68.9 Å². The number of rotatable bonds is 12. The van der Waals surface area contributed by atoms with E-state index in [1.165, 1.54) is 12.1 Å². The predicted molar refractivity (Wildman–Crippen MR) is 252 cm³/mol. The van der Waals surface area contributed by atoms with E-state index in [9.17, 15) is 19.5 Å². The Bertz CT molecular complexity index is 1720. The average molecular weight is 972 g/mol. The van der Waals surface area contributed by atoms with Crippen molar-refractivity contribution in [3.8, 4) is 17.2 Å². The van der Waals surface area contributed by atoms with Crippen molar-refractivity contribution in [2.24, 2.45) is 17.8 Å². The monoisotopic (exact) mass is 969 g/mol. The lowest BCUT2D eigenvalue weighted by molar-refractivity contribution is -0.145. The highest BCUT2D eigenvalue weighted by molar-refractivity contribution is 7.60. The third-order valence-corrected chi connectivity index (χ3v) is 8.92. The Morgan fingerprint density at radius 3 is 1.26 bits per heavy atom. The van der Waals surface area contributed by atoms with E-state index in [0.29, 0.717) is 65.5 Å². The average Bonchev–Trinajstić information content (AvgIpc) is 3.98. The number of hydrogen-bond acceptors (Lipinski definition) is 12. The maximum atomic E-state index is 11.6. The molecular formula is C36H54Cl3N3O9S6. The van der Waals surface area contributed by atoms with Crippen LogP contribution in [0.1, 0.15) is 81.8 Å². The Hall–Kier alpha value is -1.77. The van der Waals surface area contributed by atoms with Gasteiger partial charge in [0.15, 0.2) is 0 Å². The summed E-state index contributed by atoms with van der Waals surface area (Å²) in [5, 5.41) is 10.8. The minimum absolute atomic E-state index is 0. The summed E-state index contributed by atoms with van der Waals surface area (Å²) < 4.78 is 25.6. The fourth-order valence-corrected chi connectivity index (χ4v) is 6.05. The van der Waals surface area contributed by atoms with Crippen molar-refractivity contribution in [2.45, 2.75) is 64.7 Å². The molecule has 57 heavy (non-hydrogen) atoms. The maximum absolute atomic E-state index is 11.6. The van der Waals surface area contributed by atoms with Crippen LogP contribution in [0.5, 0.6) is 17.2 Å². The van der Waals surface area contributed by atoms with Gasteiger partial charge in [-0.15, -0.1) is 0 Å². The smallest absolute Gasteiger partial charge is 0.309 e. The molecule has 0 radical (unpaired) electrons. The third-order valence-electron chi connectivity index (χ3n) is 8.29. The van der Waals surface area contributed by atoms with E-state index in [-0.39, 0.29) is 140 Å². The number of nitrogens with zero attached hydrogens (tertiary/aromatic N) is 3. The summed E-state index contributed by atoms with van der Waals surface area (Å²) in [4.78, 5) is 47.1. The summed E-state index contributed by atoms with van der Waals surface area (Å²) in [5.41, 5.74) is 2.01. The van der Waals surface area contributed by atoms with Gasteiger partial charge in [0.2, 0.25) is 0 Å². The number of pyridine rings is 3. The van der Waals surface area contributed by atoms with Gasteiger partial charge in [-0.1, -0.05) is 34.8 Å². The molecule has 6 rings (SSSR count). The summed E-state index contributed by atoms with van der Waals surface area (Å²) >= 11 is 17.5. The molecule has 324 valence electrons. The zero-order valence-electron chi connectivity index (χ0n) is 32.1. The fourth-order valence-electron chi connectivity index (χ4n) is 5.59. The van der Waals surface area contributed by atoms with E-state index in [4.69, 9.17) is 58.5 Å². The van der Waals surface area contributed by atoms with Crippen molar-refractivity contribution in [1.82, 2.24) is 15.0 Å². The molecule has 0 spiro atoms. The van der Waals surface area contributed by atoms with Crippen LogP contribution in [-0.2, 0) is 28.6 Å². The lowest BCUT2D eigenvalue weighted by Gasteiger charge is -2.09. The molecule has 3 fully saturated rings. The van der Waals surface area contributed by atoms with Crippen LogP contribution < -0.4 is 9.47 Å². The fraction of sp³-hybridized carbons (Fsp3) is 0.500. The van der Waals surface area contributed by atoms with Crippen LogP contribution in [-0.4, -0.2) is 71.5 Å². The first-order valence-corrected chi connectivity index (χ1v) is 18.0. The largest absolute Gasteiger partial charge is 0.506 e. The Balaban J connectivity index is -0.000000730. The number of esters is 3. The number of ether oxygens (including phenoxy) is 5. The van der Waals surface area contributed by atoms with Crippen molar-refractivity contribution in [3.63, 3.8) is 0 Å². The molecule has 0 aromatic carbocycles. The first-order chi connectivity index (χ1) is 24.5. The number of aromatic nitrogens is 3. The maximum Gasteiger partial charge on any atom is 0.309 e. The number of hydrogen-bond donors (Lipinski definition) is 1. The molecule has 0 saturated heterocycles. The van der Waals surface area contributed by atoms with E-state index >= 15 is 0 Å². The Kier molecular flexibility index (Phi) is 29.9. The molecule has 3 heterocycles. The van der Waals surface area contributed by atoms with E-state index < -0.39 is 0 Å². The molecule has 12 nitrogen and oxygen atoms in total. The van der Waals surface area contributed by atoms with Gasteiger partial charge in [-0.2, -0.15) is 81.0 Å². The first-order valence-electron chi connectivity index (χ1n) is 16.8. The topological polar surface area (TPSA) is 156 Å². The van der Waals surface area contributed by atoms with Gasteiger partial charge in [0.1, 0.15) is 32.7 Å². The van der Waals surface area contributed by atoms with Crippen molar-refractivity contribution in [2.75, 3.05) is 33.5 Å². The number of carbonyl (C=O) groups is 3. The van der Waals surface area contributed by atoms with Crippen LogP contribution in [0.4, 0.5) is 0 Å². The van der Waals surface area contributed by atoms with E-state index in [0.717, 1.165) is 24.2 Å². The zero-order valence-corrected chi connectivity index (χ0v) is 40.3. The normalized spacial score (nSPS) is 19.8. The third kappa shape index (κ3) is 17.0. The highest BCUT2D eigenvalue weighted by Crippen LogP contribution is 2.52. The lowest BCUT2D eigenvalue weighted by Crippen LogP contribution is -2.08. The van der Waals surface area contributed by atoms with Crippen molar-refractivity contribution >= 4 is 134 Å². The molecule has 3 aromatic rings. The standard InChI is InChI=1S/C13H16ClNO3.C12H14ClNO3.C11H12ClNO3.6H2S/c1-3-17-10-5-6-11(14)15-12(10)8-7-9(8)13(16)18-4-2;1-3-17-12(15)8-6-7(8)11-9(16-2)4-5-10(13)14-11;1-2-16-11(15)7-5-6(7)10-8(14)3-4-9(12)13-10;;;;;;/h5-6,8-9H,3-4,7H2,1-2H3;4-5,7-8H,3,6H2,1-2H3;3-4,6-7,14H,2,5H2,1H3;6*1H2/t8-,9-;7-,8-;6-,7-;;;;;;/m000....../s1. The molecule has 0 bridgehead atoms. The molecule has 0 unspecified atom stereocenters. The second-order valence-electron chi connectivity index (χ2n) is 11.8. The Morgan fingerprint density at radius 1 is 0.561 bits per heavy atom. The molecule has 21 heteroatoms. The Morgan fingerprint density at radius 2 is 0.895 bits per heavy atom. The molecule has 3 aromatic heterocycles. The molecule has 3 aliphatic rings. The Labute approximate surface area is 391 Å². The van der Waals surface area contributed by atoms with E-state index in [2.05, 4.69) is 15.0 Å². The minimum atomic E-state index is -0.228. The predicted octanol–water partition coefficient (Wildman–Crippen LogP) is 7.99. The van der Waals surface area contributed by atoms with Crippen LogP contribution in [0.15, 0.2) is 36.4 Å². The van der Waals surface area contributed by atoms with Crippen LogP contribution >= 0.6 is 116 Å². The molecule has 3 saturated carbocycles. The number of methoxy groups -OCH3 is 1. The van der Waals surface area contributed by atoms with Gasteiger partial charge in [0.25, 0.3) is 0 Å². The molecule has 0 amide bonds. The van der Waals surface area contributed by atoms with Crippen molar-refractivity contribution < 1.29 is 43.2 Å². The summed E-state index contributed by atoms with van der Waals surface area (Å²) in [6.07, 6.45) is 2.18. The number of carbonyl (C=O) groups excluding carboxylic acids is 3. The van der Waals surface area contributed by atoms with Crippen molar-refractivity contribution in [1.29, 1.82) is 0 Å². The van der Waals surface area contributed by atoms with Gasteiger partial charge in [0, 0.05) is 17.8 Å². The highest BCUT2D eigenvalue weighted by atomic mass is 35.5. The highest BCUT2D eigenvalue weighted by Gasteiger charge is 2.49. The summed E-state index contributed by atoms with van der Waals surface area (Å²) in [6.45, 7) is 9.03. The quantitative estimate of drug-likeness (QED) is 0.106. The summed E-state index contributed by atoms with van der Waals surface area (Å²) in [7, 11) is 1.58. The molecule has 3 aliphatic carbocycles. The first kappa shape index (κ1) is 59.5. The van der Waals surface area contributed by atoms with Crippen LogP contribution in [0.3, 0.4) is 0 Å². The molecular weight excluding hydrogens is 917 g/mol. The van der Waals surface area contributed by atoms with E-state index in [1.54, 1.807) is 52.1 Å². The minimum Gasteiger partial charge on any atom is -0.506 e. The van der Waals surface area contributed by atoms with Gasteiger partial charge in [0.05, 0.1) is 68.4 Å². The van der Waals surface area contributed by atoms with Crippen LogP contribution in [0.2, 0.25) is 15.5 Å². The van der Waals surface area contributed by atoms with Gasteiger partial charge in [-0.05, 0) is 83.4 Å². The molecule has 0 aliphatic heterocycles. The second-order valence-corrected chi connectivity index (χ2v) is 13.0. The SMILES string of the molecule is CCOC(=O)[C@H]1C[C@@H]1c1nc(Cl)ccc1O.CCOC(=O)[C@H]1C[C@@H]1c1nc(Cl)ccc1OC.CCOC(=O)[C@H]1C[C@@H]1c1nc(Cl)ccc1OCC.S.S.S.S.S.S. The van der Waals surface area contributed by atoms with Gasteiger partial charge in [-0.25, -0.2) is 15.0 Å². The summed E-state index contributed by atoms with van der Waals surface area (Å²) in [6, 6.07) is 9.94. The molecule has 1 N–H and O–H groups in total. The number of halogens is 3. The van der Waals surface area contributed by atoms with Crippen LogP contribution in [0.25, 0.3) is 0 Å². The molecule has 6 atom stereocenters. The zero-order chi connectivity index (χ0) is 37.2. The second kappa shape index (κ2) is 28.7. The van der Waals surface area contributed by atoms with E-state index in [1.807, 2.05) is 6.92 Å². The van der Waals surface area contributed by atoms with Crippen LogP contribution in [0, 0.1) is 17.8 Å². The van der Waals surface area contributed by atoms with Gasteiger partial charge in [-0.3, -0.25) is 14.4 Å². The van der Waals surface area contributed by atoms with Gasteiger partial charge < -0.3 is 28.8 Å². The lowest BCUT2D eigenvalue weighted by atomic mass is 10.2. The summed E-state index contributed by atoms with van der Waals surface area (Å²) in [5.74, 6) is 0.610. The number of aromatic hydroxyl groups is 1.